The quantitative estimate of drug-likeness (QED) is 0.644. The molecule has 0 amide bonds. The Kier molecular flexibility index (Phi) is 4.37. The second kappa shape index (κ2) is 6.01. The fraction of sp³-hybridized carbons (Fsp3) is 0.643. The number of fused-ring (bicyclic) bond motifs is 1. The molecule has 1 aliphatic rings. The van der Waals surface area contributed by atoms with Gasteiger partial charge in [0, 0.05) is 11.8 Å². The maximum absolute atomic E-state index is 10.0. The van der Waals surface area contributed by atoms with Crippen molar-refractivity contribution in [1.29, 1.82) is 0 Å². The lowest BCUT2D eigenvalue weighted by atomic mass is 10.1. The Morgan fingerprint density at radius 2 is 2.35 bits per heavy atom. The Bertz CT molecular complexity index is 365. The van der Waals surface area contributed by atoms with Gasteiger partial charge in [-0.05, 0) is 31.7 Å². The summed E-state index contributed by atoms with van der Waals surface area (Å²) in [6.07, 6.45) is 7.50. The Morgan fingerprint density at radius 1 is 1.47 bits per heavy atom. The summed E-state index contributed by atoms with van der Waals surface area (Å²) in [4.78, 5) is 4.32. The average molecular weight is 235 g/mol. The van der Waals surface area contributed by atoms with Gasteiger partial charge in [-0.2, -0.15) is 0 Å². The molecular formula is C14H21NO2. The molecule has 1 aliphatic carbocycles. The van der Waals surface area contributed by atoms with E-state index in [4.69, 9.17) is 4.74 Å². The van der Waals surface area contributed by atoms with Crippen LogP contribution in [0.15, 0.2) is 12.3 Å². The number of aliphatic hydroxyl groups excluding tert-OH is 1. The topological polar surface area (TPSA) is 42.4 Å². The summed E-state index contributed by atoms with van der Waals surface area (Å²) >= 11 is 0. The minimum Gasteiger partial charge on any atom is -0.493 e. The summed E-state index contributed by atoms with van der Waals surface area (Å²) in [6.45, 7) is 2.91. The highest BCUT2D eigenvalue weighted by atomic mass is 16.5. The van der Waals surface area contributed by atoms with Gasteiger partial charge in [-0.3, -0.25) is 4.98 Å². The van der Waals surface area contributed by atoms with Crippen molar-refractivity contribution in [2.24, 2.45) is 0 Å². The zero-order valence-corrected chi connectivity index (χ0v) is 10.5. The van der Waals surface area contributed by atoms with Gasteiger partial charge in [-0.15, -0.1) is 0 Å². The molecule has 0 fully saturated rings. The maximum Gasteiger partial charge on any atom is 0.125 e. The van der Waals surface area contributed by atoms with E-state index in [1.54, 1.807) is 6.20 Å². The molecule has 1 heterocycles. The molecule has 1 aromatic rings. The van der Waals surface area contributed by atoms with Gasteiger partial charge in [0.25, 0.3) is 0 Å². The predicted octanol–water partition coefficient (Wildman–Crippen LogP) is 3.02. The Hall–Kier alpha value is -1.09. The molecule has 94 valence electrons. The highest BCUT2D eigenvalue weighted by Crippen LogP contribution is 2.32. The molecule has 0 aliphatic heterocycles. The van der Waals surface area contributed by atoms with Crippen molar-refractivity contribution in [2.45, 2.75) is 51.6 Å². The van der Waals surface area contributed by atoms with Gasteiger partial charge in [0.05, 0.1) is 18.4 Å². The molecule has 2 rings (SSSR count). The molecule has 1 unspecified atom stereocenters. The van der Waals surface area contributed by atoms with Crippen LogP contribution in [-0.2, 0) is 6.42 Å². The number of rotatable bonds is 4. The molecule has 0 bridgehead atoms. The molecule has 0 radical (unpaired) electrons. The van der Waals surface area contributed by atoms with Crippen molar-refractivity contribution in [2.75, 3.05) is 6.61 Å². The van der Waals surface area contributed by atoms with Crippen LogP contribution in [0.2, 0.25) is 0 Å². The molecule has 1 aromatic heterocycles. The van der Waals surface area contributed by atoms with Crippen molar-refractivity contribution >= 4 is 0 Å². The van der Waals surface area contributed by atoms with Gasteiger partial charge in [-0.25, -0.2) is 0 Å². The number of nitrogens with zero attached hydrogens (tertiary/aromatic N) is 1. The summed E-state index contributed by atoms with van der Waals surface area (Å²) in [6, 6.07) is 1.92. The third-order valence-electron chi connectivity index (χ3n) is 3.27. The minimum atomic E-state index is -0.415. The smallest absolute Gasteiger partial charge is 0.125 e. The van der Waals surface area contributed by atoms with Gasteiger partial charge < -0.3 is 9.84 Å². The lowest BCUT2D eigenvalue weighted by molar-refractivity contribution is 0.161. The van der Waals surface area contributed by atoms with E-state index >= 15 is 0 Å². The average Bonchev–Trinajstić information content (AvgIpc) is 2.53. The molecule has 1 atom stereocenters. The van der Waals surface area contributed by atoms with E-state index in [9.17, 15) is 5.11 Å². The predicted molar refractivity (Wildman–Crippen MR) is 67.2 cm³/mol. The molecule has 3 nitrogen and oxygen atoms in total. The Balaban J connectivity index is 2.19. The monoisotopic (exact) mass is 235 g/mol. The van der Waals surface area contributed by atoms with E-state index in [0.29, 0.717) is 0 Å². The third kappa shape index (κ3) is 2.97. The molecule has 0 aromatic carbocycles. The van der Waals surface area contributed by atoms with Crippen LogP contribution in [0, 0.1) is 0 Å². The maximum atomic E-state index is 10.0. The van der Waals surface area contributed by atoms with Crippen LogP contribution in [0.5, 0.6) is 5.75 Å². The number of pyridine rings is 1. The molecule has 1 N–H and O–H groups in total. The first-order valence-corrected chi connectivity index (χ1v) is 6.61. The number of aromatic nitrogens is 1. The fourth-order valence-corrected chi connectivity index (χ4v) is 2.27. The summed E-state index contributed by atoms with van der Waals surface area (Å²) in [7, 11) is 0. The first-order valence-electron chi connectivity index (χ1n) is 6.61. The Morgan fingerprint density at radius 3 is 3.18 bits per heavy atom. The zero-order chi connectivity index (χ0) is 12.1. The highest BCUT2D eigenvalue weighted by Gasteiger charge is 2.20. The normalized spacial score (nSPS) is 19.5. The van der Waals surface area contributed by atoms with Gasteiger partial charge >= 0.3 is 0 Å². The van der Waals surface area contributed by atoms with Crippen LogP contribution in [0.4, 0.5) is 0 Å². The van der Waals surface area contributed by atoms with Gasteiger partial charge in [0.2, 0.25) is 0 Å². The number of ether oxygens (including phenoxy) is 1. The minimum absolute atomic E-state index is 0.415. The number of aliphatic hydroxyl groups is 1. The van der Waals surface area contributed by atoms with E-state index < -0.39 is 6.10 Å². The second-order valence-corrected chi connectivity index (χ2v) is 4.64. The van der Waals surface area contributed by atoms with Crippen molar-refractivity contribution in [3.63, 3.8) is 0 Å². The van der Waals surface area contributed by atoms with E-state index in [0.717, 1.165) is 62.1 Å². The number of hydrogen-bond donors (Lipinski definition) is 1. The third-order valence-corrected chi connectivity index (χ3v) is 3.27. The lowest BCUT2D eigenvalue weighted by Gasteiger charge is -2.14. The lowest BCUT2D eigenvalue weighted by Crippen LogP contribution is -2.06. The van der Waals surface area contributed by atoms with Crippen LogP contribution >= 0.6 is 0 Å². The molecular weight excluding hydrogens is 214 g/mol. The van der Waals surface area contributed by atoms with Crippen LogP contribution in [-0.4, -0.2) is 16.7 Å². The zero-order valence-electron chi connectivity index (χ0n) is 10.5. The van der Waals surface area contributed by atoms with Crippen LogP contribution in [0.3, 0.4) is 0 Å². The van der Waals surface area contributed by atoms with Crippen LogP contribution < -0.4 is 4.74 Å². The van der Waals surface area contributed by atoms with Gasteiger partial charge in [0.1, 0.15) is 5.75 Å². The molecule has 0 saturated carbocycles. The van der Waals surface area contributed by atoms with E-state index in [1.807, 2.05) is 6.07 Å². The van der Waals surface area contributed by atoms with Crippen LogP contribution in [0.25, 0.3) is 0 Å². The molecule has 0 saturated heterocycles. The van der Waals surface area contributed by atoms with E-state index in [-0.39, 0.29) is 0 Å². The van der Waals surface area contributed by atoms with E-state index in [2.05, 4.69) is 11.9 Å². The number of hydrogen-bond acceptors (Lipinski definition) is 3. The highest BCUT2D eigenvalue weighted by molar-refractivity contribution is 5.37. The summed E-state index contributed by atoms with van der Waals surface area (Å²) < 4.78 is 5.80. The second-order valence-electron chi connectivity index (χ2n) is 4.64. The summed E-state index contributed by atoms with van der Waals surface area (Å²) in [5.41, 5.74) is 1.95. The Labute approximate surface area is 103 Å². The van der Waals surface area contributed by atoms with Crippen molar-refractivity contribution in [3.8, 4) is 5.75 Å². The molecule has 0 spiro atoms. The van der Waals surface area contributed by atoms with Gasteiger partial charge in [-0.1, -0.05) is 19.8 Å². The summed E-state index contributed by atoms with van der Waals surface area (Å²) in [5, 5.41) is 10.0. The fourth-order valence-electron chi connectivity index (χ4n) is 2.27. The molecule has 3 heteroatoms. The van der Waals surface area contributed by atoms with Crippen LogP contribution in [0.1, 0.15) is 56.4 Å². The first kappa shape index (κ1) is 12.4. The SMILES string of the molecule is CCCCOc1ccnc2c1CCCCC2O. The van der Waals surface area contributed by atoms with Crippen molar-refractivity contribution in [1.82, 2.24) is 4.98 Å². The van der Waals surface area contributed by atoms with Crippen molar-refractivity contribution in [3.05, 3.63) is 23.5 Å². The van der Waals surface area contributed by atoms with Crippen molar-refractivity contribution < 1.29 is 9.84 Å². The van der Waals surface area contributed by atoms with Gasteiger partial charge in [0.15, 0.2) is 0 Å². The molecule has 17 heavy (non-hydrogen) atoms. The number of unbranched alkanes of at least 4 members (excludes halogenated alkanes) is 1. The van der Waals surface area contributed by atoms with E-state index in [1.165, 1.54) is 0 Å². The largest absolute Gasteiger partial charge is 0.493 e. The summed E-state index contributed by atoms with van der Waals surface area (Å²) in [5.74, 6) is 0.921. The first-order chi connectivity index (χ1) is 8.33. The standard InChI is InChI=1S/C14H21NO2/c1-2-3-10-17-13-8-9-15-14-11(13)6-4-5-7-12(14)16/h8-9,12,16H,2-7,10H2,1H3.